The first-order valence-electron chi connectivity index (χ1n) is 10.0. The summed E-state index contributed by atoms with van der Waals surface area (Å²) in [5.41, 5.74) is 0.0676. The van der Waals surface area contributed by atoms with Gasteiger partial charge in [-0.2, -0.15) is 0 Å². The molecule has 32 heavy (non-hydrogen) atoms. The number of nitrogens with one attached hydrogen (secondary N) is 1. The third kappa shape index (κ3) is 3.47. The highest BCUT2D eigenvalue weighted by atomic mass is 16.5. The van der Waals surface area contributed by atoms with Crippen LogP contribution in [-0.4, -0.2) is 43.4 Å². The SMILES string of the molecule is COc1ccc(C(=O)CN2C(=O)NC(c3ccccc3)(c3ccccc3)C2=O)c(OC)c1. The Kier molecular flexibility index (Phi) is 5.64. The van der Waals surface area contributed by atoms with E-state index < -0.39 is 29.8 Å². The number of carbonyl (C=O) groups is 3. The summed E-state index contributed by atoms with van der Waals surface area (Å²) in [5.74, 6) is -0.106. The zero-order valence-electron chi connectivity index (χ0n) is 17.7. The molecule has 1 saturated heterocycles. The van der Waals surface area contributed by atoms with Crippen molar-refractivity contribution in [3.05, 3.63) is 95.6 Å². The minimum absolute atomic E-state index is 0.255. The molecule has 1 N–H and O–H groups in total. The van der Waals surface area contributed by atoms with Gasteiger partial charge in [-0.05, 0) is 23.3 Å². The molecule has 0 aromatic heterocycles. The van der Waals surface area contributed by atoms with E-state index in [9.17, 15) is 14.4 Å². The Hall–Kier alpha value is -4.13. The second-order valence-corrected chi connectivity index (χ2v) is 7.29. The first-order valence-corrected chi connectivity index (χ1v) is 10.0. The molecule has 4 rings (SSSR count). The van der Waals surface area contributed by atoms with Gasteiger partial charge in [0, 0.05) is 6.07 Å². The summed E-state index contributed by atoms with van der Waals surface area (Å²) >= 11 is 0. The fourth-order valence-electron chi connectivity index (χ4n) is 3.91. The monoisotopic (exact) mass is 430 g/mol. The molecule has 162 valence electrons. The highest BCUT2D eigenvalue weighted by Gasteiger charge is 2.54. The predicted octanol–water partition coefficient (Wildman–Crippen LogP) is 3.38. The first-order chi connectivity index (χ1) is 15.5. The van der Waals surface area contributed by atoms with Gasteiger partial charge >= 0.3 is 6.03 Å². The van der Waals surface area contributed by atoms with E-state index in [2.05, 4.69) is 5.32 Å². The van der Waals surface area contributed by atoms with Crippen LogP contribution in [0.1, 0.15) is 21.5 Å². The average molecular weight is 430 g/mol. The summed E-state index contributed by atoms with van der Waals surface area (Å²) in [4.78, 5) is 40.7. The number of imide groups is 1. The van der Waals surface area contributed by atoms with Crippen molar-refractivity contribution in [3.63, 3.8) is 0 Å². The van der Waals surface area contributed by atoms with Gasteiger partial charge < -0.3 is 14.8 Å². The van der Waals surface area contributed by atoms with Crippen LogP contribution in [0.4, 0.5) is 4.79 Å². The Morgan fingerprint density at radius 3 is 2.00 bits per heavy atom. The second-order valence-electron chi connectivity index (χ2n) is 7.29. The van der Waals surface area contributed by atoms with Gasteiger partial charge in [-0.25, -0.2) is 4.79 Å². The zero-order chi connectivity index (χ0) is 22.7. The molecule has 3 aromatic rings. The Morgan fingerprint density at radius 1 is 0.875 bits per heavy atom. The van der Waals surface area contributed by atoms with Crippen LogP contribution in [-0.2, 0) is 10.3 Å². The smallest absolute Gasteiger partial charge is 0.325 e. The minimum atomic E-state index is -1.41. The third-order valence-corrected chi connectivity index (χ3v) is 5.53. The first kappa shape index (κ1) is 21.1. The summed E-state index contributed by atoms with van der Waals surface area (Å²) in [6.45, 7) is -0.422. The maximum Gasteiger partial charge on any atom is 0.325 e. The molecule has 7 nitrogen and oxygen atoms in total. The van der Waals surface area contributed by atoms with E-state index in [4.69, 9.17) is 9.47 Å². The van der Waals surface area contributed by atoms with Crippen molar-refractivity contribution in [1.29, 1.82) is 0 Å². The van der Waals surface area contributed by atoms with Crippen molar-refractivity contribution >= 4 is 17.7 Å². The van der Waals surface area contributed by atoms with Crippen LogP contribution >= 0.6 is 0 Å². The van der Waals surface area contributed by atoms with Crippen LogP contribution < -0.4 is 14.8 Å². The number of hydrogen-bond donors (Lipinski definition) is 1. The summed E-state index contributed by atoms with van der Waals surface area (Å²) in [6.07, 6.45) is 0. The van der Waals surface area contributed by atoms with Gasteiger partial charge in [0.1, 0.15) is 11.5 Å². The van der Waals surface area contributed by atoms with Crippen LogP contribution in [0, 0.1) is 0 Å². The van der Waals surface area contributed by atoms with Crippen LogP contribution in [0.2, 0.25) is 0 Å². The maximum absolute atomic E-state index is 13.7. The molecule has 0 atom stereocenters. The van der Waals surface area contributed by atoms with Gasteiger partial charge in [0.15, 0.2) is 11.3 Å². The number of ether oxygens (including phenoxy) is 2. The highest BCUT2D eigenvalue weighted by molar-refractivity contribution is 6.13. The predicted molar refractivity (Wildman–Crippen MR) is 118 cm³/mol. The third-order valence-electron chi connectivity index (χ3n) is 5.53. The lowest BCUT2D eigenvalue weighted by molar-refractivity contribution is -0.129. The lowest BCUT2D eigenvalue weighted by atomic mass is 9.82. The second kappa shape index (κ2) is 8.55. The molecule has 3 amide bonds. The normalized spacial score (nSPS) is 14.8. The van der Waals surface area contributed by atoms with E-state index in [1.54, 1.807) is 66.7 Å². The lowest BCUT2D eigenvalue weighted by Gasteiger charge is -2.28. The number of amides is 3. The van der Waals surface area contributed by atoms with Gasteiger partial charge in [-0.3, -0.25) is 14.5 Å². The van der Waals surface area contributed by atoms with Crippen molar-refractivity contribution in [2.45, 2.75) is 5.54 Å². The molecule has 3 aromatic carbocycles. The molecule has 0 radical (unpaired) electrons. The summed E-state index contributed by atoms with van der Waals surface area (Å²) in [6, 6.07) is 22.1. The van der Waals surface area contributed by atoms with Crippen molar-refractivity contribution in [2.24, 2.45) is 0 Å². The van der Waals surface area contributed by atoms with Crippen molar-refractivity contribution in [2.75, 3.05) is 20.8 Å². The summed E-state index contributed by atoms with van der Waals surface area (Å²) in [7, 11) is 2.95. The number of methoxy groups -OCH3 is 2. The lowest BCUT2D eigenvalue weighted by Crippen LogP contribution is -2.45. The number of Topliss-reactive ketones (excluding diaryl/α,β-unsaturated/α-hetero) is 1. The maximum atomic E-state index is 13.7. The van der Waals surface area contributed by atoms with Crippen molar-refractivity contribution in [3.8, 4) is 11.5 Å². The van der Waals surface area contributed by atoms with Gasteiger partial charge in [-0.15, -0.1) is 0 Å². The summed E-state index contributed by atoms with van der Waals surface area (Å²) < 4.78 is 10.5. The number of carbonyl (C=O) groups excluding carboxylic acids is 3. The molecule has 1 aliphatic rings. The average Bonchev–Trinajstić information content (AvgIpc) is 3.10. The number of rotatable bonds is 7. The molecular weight excluding hydrogens is 408 g/mol. The Balaban J connectivity index is 1.71. The highest BCUT2D eigenvalue weighted by Crippen LogP contribution is 2.36. The van der Waals surface area contributed by atoms with E-state index in [-0.39, 0.29) is 5.56 Å². The van der Waals surface area contributed by atoms with Crippen LogP contribution in [0.5, 0.6) is 11.5 Å². The van der Waals surface area contributed by atoms with E-state index in [0.717, 1.165) is 4.90 Å². The Morgan fingerprint density at radius 2 is 1.47 bits per heavy atom. The van der Waals surface area contributed by atoms with E-state index in [0.29, 0.717) is 22.6 Å². The fraction of sp³-hybridized carbons (Fsp3) is 0.160. The minimum Gasteiger partial charge on any atom is -0.497 e. The number of hydrogen-bond acceptors (Lipinski definition) is 5. The van der Waals surface area contributed by atoms with Gasteiger partial charge in [0.05, 0.1) is 26.3 Å². The number of ketones is 1. The largest absolute Gasteiger partial charge is 0.497 e. The molecule has 1 aliphatic heterocycles. The van der Waals surface area contributed by atoms with E-state index in [1.165, 1.54) is 14.2 Å². The molecule has 0 unspecified atom stereocenters. The Bertz CT molecular complexity index is 1120. The quantitative estimate of drug-likeness (QED) is 0.459. The number of urea groups is 1. The fourth-order valence-corrected chi connectivity index (χ4v) is 3.91. The molecule has 7 heteroatoms. The van der Waals surface area contributed by atoms with Crippen molar-refractivity contribution < 1.29 is 23.9 Å². The van der Waals surface area contributed by atoms with Crippen LogP contribution in [0.25, 0.3) is 0 Å². The molecule has 0 bridgehead atoms. The van der Waals surface area contributed by atoms with Gasteiger partial charge in [0.2, 0.25) is 0 Å². The molecule has 0 spiro atoms. The van der Waals surface area contributed by atoms with Crippen LogP contribution in [0.15, 0.2) is 78.9 Å². The molecule has 1 fully saturated rings. The number of benzene rings is 3. The topological polar surface area (TPSA) is 84.9 Å². The number of nitrogens with zero attached hydrogens (tertiary/aromatic N) is 1. The Labute approximate surface area is 185 Å². The van der Waals surface area contributed by atoms with E-state index >= 15 is 0 Å². The standard InChI is InChI=1S/C25H22N2O5/c1-31-19-13-14-20(22(15-19)32-2)21(28)16-27-23(29)25(26-24(27)30,17-9-5-3-6-10-17)18-11-7-4-8-12-18/h3-15H,16H2,1-2H3,(H,26,30). The molecule has 1 heterocycles. The van der Waals surface area contributed by atoms with Crippen LogP contribution in [0.3, 0.4) is 0 Å². The molecule has 0 aliphatic carbocycles. The van der Waals surface area contributed by atoms with E-state index in [1.807, 2.05) is 12.1 Å². The zero-order valence-corrected chi connectivity index (χ0v) is 17.7. The molecule has 0 saturated carbocycles. The van der Waals surface area contributed by atoms with Crippen molar-refractivity contribution in [1.82, 2.24) is 10.2 Å². The van der Waals surface area contributed by atoms with Gasteiger partial charge in [0.25, 0.3) is 5.91 Å². The molecular formula is C25H22N2O5. The van der Waals surface area contributed by atoms with Gasteiger partial charge in [-0.1, -0.05) is 60.7 Å². The summed E-state index contributed by atoms with van der Waals surface area (Å²) in [5, 5.41) is 2.84.